The number of nitrogens with one attached hydrogen (secondary N) is 1. The van der Waals surface area contributed by atoms with Gasteiger partial charge in [0.15, 0.2) is 5.82 Å². The first-order valence-electron chi connectivity index (χ1n) is 5.97. The quantitative estimate of drug-likeness (QED) is 0.856. The van der Waals surface area contributed by atoms with Gasteiger partial charge in [0, 0.05) is 12.6 Å². The number of rotatable bonds is 3. The zero-order valence-electron chi connectivity index (χ0n) is 10.8. The van der Waals surface area contributed by atoms with Gasteiger partial charge in [-0.05, 0) is 42.0 Å². The summed E-state index contributed by atoms with van der Waals surface area (Å²) >= 11 is 2.30. The fraction of sp³-hybridized carbons (Fsp3) is 0.286. The molecule has 0 aliphatic heterocycles. The Labute approximate surface area is 121 Å². The number of hydrogen-bond donors (Lipinski definition) is 1. The van der Waals surface area contributed by atoms with Crippen LogP contribution in [0.25, 0.3) is 11.4 Å². The van der Waals surface area contributed by atoms with Crippen LogP contribution in [-0.2, 0) is 6.42 Å². The van der Waals surface area contributed by atoms with Crippen molar-refractivity contribution >= 4 is 28.4 Å². The fourth-order valence-corrected chi connectivity index (χ4v) is 2.70. The third-order valence-electron chi connectivity index (χ3n) is 2.77. The Morgan fingerprint density at radius 2 is 2.06 bits per heavy atom. The summed E-state index contributed by atoms with van der Waals surface area (Å²) in [7, 11) is 1.89. The van der Waals surface area contributed by atoms with Crippen molar-refractivity contribution in [2.24, 2.45) is 0 Å². The molecule has 18 heavy (non-hydrogen) atoms. The lowest BCUT2D eigenvalue weighted by Crippen LogP contribution is -2.04. The number of halogens is 1. The molecule has 0 aliphatic rings. The van der Waals surface area contributed by atoms with Gasteiger partial charge in [0.2, 0.25) is 0 Å². The fourth-order valence-electron chi connectivity index (χ4n) is 1.81. The van der Waals surface area contributed by atoms with Gasteiger partial charge < -0.3 is 5.32 Å². The van der Waals surface area contributed by atoms with Crippen molar-refractivity contribution in [3.8, 4) is 11.4 Å². The Hall–Kier alpha value is -1.17. The highest BCUT2D eigenvalue weighted by atomic mass is 127. The molecule has 94 valence electrons. The Balaban J connectivity index is 2.58. The van der Waals surface area contributed by atoms with Gasteiger partial charge in [-0.2, -0.15) is 0 Å². The molecule has 1 N–H and O–H groups in total. The van der Waals surface area contributed by atoms with E-state index in [1.165, 1.54) is 5.56 Å². The van der Waals surface area contributed by atoms with Crippen molar-refractivity contribution in [3.63, 3.8) is 0 Å². The number of benzene rings is 1. The second-order valence-corrected chi connectivity index (χ2v) is 5.21. The van der Waals surface area contributed by atoms with Gasteiger partial charge >= 0.3 is 0 Å². The van der Waals surface area contributed by atoms with E-state index < -0.39 is 0 Å². The Morgan fingerprint density at radius 3 is 2.67 bits per heavy atom. The Kier molecular flexibility index (Phi) is 4.16. The molecule has 0 bridgehead atoms. The molecule has 2 rings (SSSR count). The zero-order valence-corrected chi connectivity index (χ0v) is 12.9. The summed E-state index contributed by atoms with van der Waals surface area (Å²) < 4.78 is 1.11. The van der Waals surface area contributed by atoms with Crippen LogP contribution in [-0.4, -0.2) is 17.0 Å². The van der Waals surface area contributed by atoms with E-state index in [4.69, 9.17) is 0 Å². The third kappa shape index (κ3) is 2.63. The van der Waals surface area contributed by atoms with E-state index in [2.05, 4.69) is 63.9 Å². The van der Waals surface area contributed by atoms with Crippen LogP contribution in [0.15, 0.2) is 24.3 Å². The van der Waals surface area contributed by atoms with Crippen molar-refractivity contribution in [2.45, 2.75) is 20.3 Å². The molecule has 3 nitrogen and oxygen atoms in total. The topological polar surface area (TPSA) is 37.8 Å². The van der Waals surface area contributed by atoms with Crippen LogP contribution in [0.4, 0.5) is 5.82 Å². The maximum absolute atomic E-state index is 4.65. The lowest BCUT2D eigenvalue weighted by atomic mass is 10.1. The monoisotopic (exact) mass is 353 g/mol. The standard InChI is InChI=1S/C14H16IN3/c1-4-11-12(15)14(16-3)18-13(17-11)10-7-5-6-9(2)8-10/h5-8H,4H2,1-3H3,(H,16,17,18). The molecule has 0 fully saturated rings. The van der Waals surface area contributed by atoms with Crippen LogP contribution >= 0.6 is 22.6 Å². The highest BCUT2D eigenvalue weighted by Crippen LogP contribution is 2.24. The SMILES string of the molecule is CCc1nc(-c2cccc(C)c2)nc(NC)c1I. The summed E-state index contributed by atoms with van der Waals surface area (Å²) in [4.78, 5) is 9.23. The van der Waals surface area contributed by atoms with Crippen LogP contribution in [0.3, 0.4) is 0 Å². The second-order valence-electron chi connectivity index (χ2n) is 4.13. The Morgan fingerprint density at radius 1 is 1.28 bits per heavy atom. The molecule has 0 saturated heterocycles. The smallest absolute Gasteiger partial charge is 0.161 e. The van der Waals surface area contributed by atoms with Crippen molar-refractivity contribution in [1.29, 1.82) is 0 Å². The molecular weight excluding hydrogens is 337 g/mol. The summed E-state index contributed by atoms with van der Waals surface area (Å²) in [6.45, 7) is 4.19. The summed E-state index contributed by atoms with van der Waals surface area (Å²) in [6.07, 6.45) is 0.911. The molecule has 1 aromatic heterocycles. The summed E-state index contributed by atoms with van der Waals surface area (Å²) in [5.74, 6) is 1.69. The van der Waals surface area contributed by atoms with Gasteiger partial charge in [-0.25, -0.2) is 9.97 Å². The lowest BCUT2D eigenvalue weighted by molar-refractivity contribution is 0.989. The normalized spacial score (nSPS) is 10.4. The average molecular weight is 353 g/mol. The maximum atomic E-state index is 4.65. The zero-order chi connectivity index (χ0) is 13.1. The summed E-state index contributed by atoms with van der Waals surface area (Å²) in [5.41, 5.74) is 3.38. The highest BCUT2D eigenvalue weighted by molar-refractivity contribution is 14.1. The van der Waals surface area contributed by atoms with E-state index in [0.717, 1.165) is 32.9 Å². The van der Waals surface area contributed by atoms with Gasteiger partial charge in [0.05, 0.1) is 9.26 Å². The number of anilines is 1. The van der Waals surface area contributed by atoms with E-state index in [1.807, 2.05) is 19.2 Å². The molecule has 2 aromatic rings. The van der Waals surface area contributed by atoms with E-state index in [1.54, 1.807) is 0 Å². The molecule has 0 unspecified atom stereocenters. The maximum Gasteiger partial charge on any atom is 0.161 e. The van der Waals surface area contributed by atoms with Crippen molar-refractivity contribution in [3.05, 3.63) is 39.1 Å². The van der Waals surface area contributed by atoms with Crippen LogP contribution in [0.5, 0.6) is 0 Å². The molecule has 0 saturated carbocycles. The van der Waals surface area contributed by atoms with Crippen LogP contribution in [0, 0.1) is 10.5 Å². The second kappa shape index (κ2) is 5.65. The largest absolute Gasteiger partial charge is 0.372 e. The minimum atomic E-state index is 0.792. The number of aryl methyl sites for hydroxylation is 2. The molecule has 0 radical (unpaired) electrons. The first kappa shape index (κ1) is 13.3. The number of aromatic nitrogens is 2. The first-order chi connectivity index (χ1) is 8.65. The van der Waals surface area contributed by atoms with Gasteiger partial charge in [-0.1, -0.05) is 30.7 Å². The Bertz CT molecular complexity index is 542. The van der Waals surface area contributed by atoms with Crippen LogP contribution in [0.1, 0.15) is 18.2 Å². The molecule has 0 spiro atoms. The van der Waals surface area contributed by atoms with Crippen molar-refractivity contribution in [1.82, 2.24) is 9.97 Å². The van der Waals surface area contributed by atoms with Crippen LogP contribution < -0.4 is 5.32 Å². The minimum Gasteiger partial charge on any atom is -0.372 e. The first-order valence-corrected chi connectivity index (χ1v) is 7.04. The number of nitrogens with zero attached hydrogens (tertiary/aromatic N) is 2. The van der Waals surface area contributed by atoms with Crippen molar-refractivity contribution < 1.29 is 0 Å². The van der Waals surface area contributed by atoms with Crippen molar-refractivity contribution in [2.75, 3.05) is 12.4 Å². The molecule has 1 aromatic carbocycles. The van der Waals surface area contributed by atoms with Gasteiger partial charge in [0.25, 0.3) is 0 Å². The molecule has 0 amide bonds. The van der Waals surface area contributed by atoms with Gasteiger partial charge in [-0.3, -0.25) is 0 Å². The molecule has 0 atom stereocenters. The molecule has 4 heteroatoms. The molecule has 0 aliphatic carbocycles. The molecule has 1 heterocycles. The average Bonchev–Trinajstić information content (AvgIpc) is 2.39. The summed E-state index contributed by atoms with van der Waals surface area (Å²) in [6, 6.07) is 8.28. The van der Waals surface area contributed by atoms with E-state index in [0.29, 0.717) is 0 Å². The van der Waals surface area contributed by atoms with E-state index >= 15 is 0 Å². The molecular formula is C14H16IN3. The third-order valence-corrected chi connectivity index (χ3v) is 3.90. The van der Waals surface area contributed by atoms with Gasteiger partial charge in [0.1, 0.15) is 5.82 Å². The lowest BCUT2D eigenvalue weighted by Gasteiger charge is -2.10. The number of hydrogen-bond acceptors (Lipinski definition) is 3. The predicted octanol–water partition coefficient (Wildman–Crippen LogP) is 3.66. The van der Waals surface area contributed by atoms with E-state index in [9.17, 15) is 0 Å². The van der Waals surface area contributed by atoms with Crippen LogP contribution in [0.2, 0.25) is 0 Å². The van der Waals surface area contributed by atoms with E-state index in [-0.39, 0.29) is 0 Å². The highest BCUT2D eigenvalue weighted by Gasteiger charge is 2.11. The summed E-state index contributed by atoms with van der Waals surface area (Å²) in [5, 5.41) is 3.14. The minimum absolute atomic E-state index is 0.792. The van der Waals surface area contributed by atoms with Gasteiger partial charge in [-0.15, -0.1) is 0 Å². The predicted molar refractivity (Wildman–Crippen MR) is 83.8 cm³/mol.